The summed E-state index contributed by atoms with van der Waals surface area (Å²) in [6, 6.07) is 4.01. The summed E-state index contributed by atoms with van der Waals surface area (Å²) in [4.78, 5) is 3.42. The average molecular weight is 216 g/mol. The third-order valence-electron chi connectivity index (χ3n) is 3.41. The molecule has 1 aliphatic rings. The summed E-state index contributed by atoms with van der Waals surface area (Å²) >= 11 is 0. The van der Waals surface area contributed by atoms with Crippen molar-refractivity contribution in [2.45, 2.75) is 26.3 Å². The number of phenols is 1. The highest BCUT2D eigenvalue weighted by atomic mass is 16.3. The van der Waals surface area contributed by atoms with E-state index in [4.69, 9.17) is 0 Å². The lowest BCUT2D eigenvalue weighted by atomic mass is 10.1. The monoisotopic (exact) mass is 216 g/mol. The lowest BCUT2D eigenvalue weighted by molar-refractivity contribution is 0.477. The standard InChI is InChI=1S/C13H16N2O/c1-8-4-5-11-12(13(8)16)9-7-14-6-2-3-10(9)15-11/h4-5,14-16H,2-3,6-7H2,1H3. The summed E-state index contributed by atoms with van der Waals surface area (Å²) in [6.45, 7) is 3.85. The van der Waals surface area contributed by atoms with Gasteiger partial charge in [0.1, 0.15) is 5.75 Å². The van der Waals surface area contributed by atoms with Crippen molar-refractivity contribution in [2.24, 2.45) is 0 Å². The molecule has 0 spiro atoms. The molecule has 16 heavy (non-hydrogen) atoms. The first kappa shape index (κ1) is 9.73. The van der Waals surface area contributed by atoms with E-state index < -0.39 is 0 Å². The van der Waals surface area contributed by atoms with Crippen LogP contribution < -0.4 is 5.32 Å². The summed E-state index contributed by atoms with van der Waals surface area (Å²) in [5, 5.41) is 14.5. The van der Waals surface area contributed by atoms with Gasteiger partial charge in [0.05, 0.1) is 0 Å². The second-order valence-corrected chi connectivity index (χ2v) is 4.52. The van der Waals surface area contributed by atoms with Gasteiger partial charge in [-0.25, -0.2) is 0 Å². The minimum atomic E-state index is 0.429. The Bertz CT molecular complexity index is 542. The Morgan fingerprint density at radius 3 is 3.06 bits per heavy atom. The second kappa shape index (κ2) is 3.52. The van der Waals surface area contributed by atoms with E-state index in [9.17, 15) is 5.11 Å². The topological polar surface area (TPSA) is 48.0 Å². The molecule has 2 heterocycles. The van der Waals surface area contributed by atoms with Gasteiger partial charge in [0, 0.05) is 23.1 Å². The highest BCUT2D eigenvalue weighted by molar-refractivity contribution is 5.91. The van der Waals surface area contributed by atoms with E-state index in [-0.39, 0.29) is 0 Å². The van der Waals surface area contributed by atoms with Crippen LogP contribution in [0.3, 0.4) is 0 Å². The number of rotatable bonds is 0. The van der Waals surface area contributed by atoms with E-state index in [1.807, 2.05) is 13.0 Å². The predicted molar refractivity (Wildman–Crippen MR) is 64.7 cm³/mol. The normalized spacial score (nSPS) is 16.1. The number of aromatic hydroxyl groups is 1. The van der Waals surface area contributed by atoms with Crippen LogP contribution in [0, 0.1) is 6.92 Å². The van der Waals surface area contributed by atoms with Crippen LogP contribution in [0.15, 0.2) is 12.1 Å². The molecule has 1 aromatic heterocycles. The Hall–Kier alpha value is -1.48. The first-order chi connectivity index (χ1) is 7.77. The molecular weight excluding hydrogens is 200 g/mol. The molecule has 1 aromatic carbocycles. The number of phenolic OH excluding ortho intramolecular Hbond substituents is 1. The number of aromatic amines is 1. The number of nitrogens with one attached hydrogen (secondary N) is 2. The molecule has 2 aromatic rings. The maximum absolute atomic E-state index is 10.1. The molecule has 0 bridgehead atoms. The summed E-state index contributed by atoms with van der Waals surface area (Å²) in [7, 11) is 0. The molecule has 3 nitrogen and oxygen atoms in total. The van der Waals surface area contributed by atoms with Crippen molar-refractivity contribution >= 4 is 10.9 Å². The van der Waals surface area contributed by atoms with E-state index in [0.29, 0.717) is 5.75 Å². The highest BCUT2D eigenvalue weighted by Gasteiger charge is 2.17. The maximum atomic E-state index is 10.1. The van der Waals surface area contributed by atoms with E-state index in [0.717, 1.165) is 42.4 Å². The molecule has 0 aliphatic carbocycles. The van der Waals surface area contributed by atoms with Crippen LogP contribution in [-0.2, 0) is 13.0 Å². The molecule has 3 heteroatoms. The van der Waals surface area contributed by atoms with Crippen molar-refractivity contribution < 1.29 is 5.11 Å². The summed E-state index contributed by atoms with van der Waals surface area (Å²) in [5.41, 5.74) is 4.52. The third kappa shape index (κ3) is 1.32. The van der Waals surface area contributed by atoms with Crippen LogP contribution in [0.25, 0.3) is 10.9 Å². The molecule has 0 unspecified atom stereocenters. The summed E-state index contributed by atoms with van der Waals surface area (Å²) in [6.07, 6.45) is 2.22. The molecule has 0 saturated carbocycles. The first-order valence-electron chi connectivity index (χ1n) is 5.80. The molecule has 84 valence electrons. The molecule has 0 amide bonds. The van der Waals surface area contributed by atoms with E-state index >= 15 is 0 Å². The van der Waals surface area contributed by atoms with Gasteiger partial charge in [-0.1, -0.05) is 6.07 Å². The Morgan fingerprint density at radius 1 is 1.31 bits per heavy atom. The van der Waals surface area contributed by atoms with E-state index in [1.165, 1.54) is 11.3 Å². The van der Waals surface area contributed by atoms with Crippen LogP contribution in [0.5, 0.6) is 5.75 Å². The van der Waals surface area contributed by atoms with Gasteiger partial charge in [-0.2, -0.15) is 0 Å². The minimum absolute atomic E-state index is 0.429. The second-order valence-electron chi connectivity index (χ2n) is 4.52. The van der Waals surface area contributed by atoms with Crippen molar-refractivity contribution in [3.63, 3.8) is 0 Å². The van der Waals surface area contributed by atoms with Gasteiger partial charge < -0.3 is 15.4 Å². The number of hydrogen-bond acceptors (Lipinski definition) is 2. The third-order valence-corrected chi connectivity index (χ3v) is 3.41. The zero-order valence-electron chi connectivity index (χ0n) is 9.43. The van der Waals surface area contributed by atoms with Gasteiger partial charge in [0.2, 0.25) is 0 Å². The van der Waals surface area contributed by atoms with E-state index in [2.05, 4.69) is 16.4 Å². The molecule has 0 saturated heterocycles. The Balaban J connectivity index is 2.31. The smallest absolute Gasteiger partial charge is 0.128 e. The fraction of sp³-hybridized carbons (Fsp3) is 0.385. The zero-order valence-corrected chi connectivity index (χ0v) is 9.43. The van der Waals surface area contributed by atoms with Gasteiger partial charge in [-0.3, -0.25) is 0 Å². The number of benzene rings is 1. The van der Waals surface area contributed by atoms with Crippen LogP contribution in [0.2, 0.25) is 0 Å². The molecule has 0 fully saturated rings. The van der Waals surface area contributed by atoms with Crippen molar-refractivity contribution in [1.29, 1.82) is 0 Å². The summed E-state index contributed by atoms with van der Waals surface area (Å²) < 4.78 is 0. The number of fused-ring (bicyclic) bond motifs is 3. The fourth-order valence-corrected chi connectivity index (χ4v) is 2.51. The van der Waals surface area contributed by atoms with Crippen molar-refractivity contribution in [1.82, 2.24) is 10.3 Å². The fourth-order valence-electron chi connectivity index (χ4n) is 2.51. The Morgan fingerprint density at radius 2 is 2.19 bits per heavy atom. The van der Waals surface area contributed by atoms with Gasteiger partial charge in [-0.05, 0) is 43.5 Å². The van der Waals surface area contributed by atoms with Gasteiger partial charge in [-0.15, -0.1) is 0 Å². The minimum Gasteiger partial charge on any atom is -0.507 e. The van der Waals surface area contributed by atoms with Crippen LogP contribution in [0.4, 0.5) is 0 Å². The van der Waals surface area contributed by atoms with Crippen molar-refractivity contribution in [3.05, 3.63) is 29.0 Å². The Labute approximate surface area is 94.5 Å². The largest absolute Gasteiger partial charge is 0.507 e. The lowest BCUT2D eigenvalue weighted by Gasteiger charge is -2.04. The van der Waals surface area contributed by atoms with Crippen molar-refractivity contribution in [3.8, 4) is 5.75 Å². The van der Waals surface area contributed by atoms with Crippen LogP contribution in [0.1, 0.15) is 23.2 Å². The number of H-pyrrole nitrogens is 1. The highest BCUT2D eigenvalue weighted by Crippen LogP contribution is 2.34. The molecule has 0 radical (unpaired) electrons. The number of hydrogen-bond donors (Lipinski definition) is 3. The molecule has 0 atom stereocenters. The van der Waals surface area contributed by atoms with Crippen LogP contribution >= 0.6 is 0 Å². The molecule has 1 aliphatic heterocycles. The Kier molecular flexibility index (Phi) is 2.14. The average Bonchev–Trinajstić information content (AvgIpc) is 2.47. The quantitative estimate of drug-likeness (QED) is 0.632. The van der Waals surface area contributed by atoms with Crippen molar-refractivity contribution in [2.75, 3.05) is 6.54 Å². The van der Waals surface area contributed by atoms with Gasteiger partial charge >= 0.3 is 0 Å². The van der Waals surface area contributed by atoms with Crippen LogP contribution in [-0.4, -0.2) is 16.6 Å². The number of aryl methyl sites for hydroxylation is 2. The molecular formula is C13H16N2O. The molecule has 3 N–H and O–H groups in total. The first-order valence-corrected chi connectivity index (χ1v) is 5.80. The predicted octanol–water partition coefficient (Wildman–Crippen LogP) is 2.22. The number of aromatic nitrogens is 1. The van der Waals surface area contributed by atoms with E-state index in [1.54, 1.807) is 0 Å². The lowest BCUT2D eigenvalue weighted by Crippen LogP contribution is -2.11. The molecule has 3 rings (SSSR count). The maximum Gasteiger partial charge on any atom is 0.128 e. The SMILES string of the molecule is Cc1ccc2[nH]c3c(c2c1O)CNCCC3. The van der Waals surface area contributed by atoms with Gasteiger partial charge in [0.25, 0.3) is 0 Å². The zero-order chi connectivity index (χ0) is 11.1. The van der Waals surface area contributed by atoms with Gasteiger partial charge in [0.15, 0.2) is 0 Å². The summed E-state index contributed by atoms with van der Waals surface area (Å²) in [5.74, 6) is 0.429.